The molecular formula is C23H27N3O6S2. The molecule has 3 rings (SSSR count). The van der Waals surface area contributed by atoms with Crippen LogP contribution in [-0.2, 0) is 41.4 Å². The highest BCUT2D eigenvalue weighted by Crippen LogP contribution is 2.21. The van der Waals surface area contributed by atoms with Crippen LogP contribution in [0.25, 0.3) is 22.8 Å². The van der Waals surface area contributed by atoms with E-state index in [0.29, 0.717) is 37.1 Å². The van der Waals surface area contributed by atoms with Gasteiger partial charge in [0, 0.05) is 12.4 Å². The third-order valence-corrected chi connectivity index (χ3v) is 5.93. The SMILES string of the molecule is CS(=O)(=O)OCCCc1ccc(-c2cccc(-c3ccc(CCCOS(C)(=O)=O)cn3)n2)nc1. The minimum Gasteiger partial charge on any atom is -0.270 e. The molecule has 0 spiro atoms. The first kappa shape index (κ1) is 25.9. The van der Waals surface area contributed by atoms with Crippen molar-refractivity contribution in [2.24, 2.45) is 0 Å². The van der Waals surface area contributed by atoms with Gasteiger partial charge in [-0.15, -0.1) is 0 Å². The molecule has 0 aliphatic carbocycles. The average Bonchev–Trinajstić information content (AvgIpc) is 2.79. The molecule has 0 N–H and O–H groups in total. The van der Waals surface area contributed by atoms with Crippen molar-refractivity contribution in [2.45, 2.75) is 25.7 Å². The topological polar surface area (TPSA) is 125 Å². The number of nitrogens with zero attached hydrogens (tertiary/aromatic N) is 3. The third kappa shape index (κ3) is 8.90. The first-order valence-corrected chi connectivity index (χ1v) is 14.3. The Morgan fingerprint density at radius 3 is 1.44 bits per heavy atom. The van der Waals surface area contributed by atoms with Crippen LogP contribution in [0.4, 0.5) is 0 Å². The van der Waals surface area contributed by atoms with Gasteiger partial charge in [0.05, 0.1) is 48.5 Å². The fourth-order valence-corrected chi connectivity index (χ4v) is 3.98. The highest BCUT2D eigenvalue weighted by atomic mass is 32.2. The van der Waals surface area contributed by atoms with E-state index in [1.54, 1.807) is 12.4 Å². The number of pyridine rings is 3. The van der Waals surface area contributed by atoms with Crippen LogP contribution in [0.2, 0.25) is 0 Å². The molecular weight excluding hydrogens is 478 g/mol. The molecule has 11 heteroatoms. The van der Waals surface area contributed by atoms with Gasteiger partial charge in [0.2, 0.25) is 0 Å². The van der Waals surface area contributed by atoms with Gasteiger partial charge in [0.25, 0.3) is 20.2 Å². The first-order valence-electron chi connectivity index (χ1n) is 10.7. The smallest absolute Gasteiger partial charge is 0.264 e. The zero-order valence-corrected chi connectivity index (χ0v) is 20.7. The lowest BCUT2D eigenvalue weighted by molar-refractivity contribution is 0.315. The molecule has 0 fully saturated rings. The van der Waals surface area contributed by atoms with Crippen molar-refractivity contribution in [1.29, 1.82) is 0 Å². The van der Waals surface area contributed by atoms with Gasteiger partial charge in [0.1, 0.15) is 0 Å². The third-order valence-electron chi connectivity index (χ3n) is 4.74. The maximum atomic E-state index is 11.0. The van der Waals surface area contributed by atoms with Gasteiger partial charge in [-0.2, -0.15) is 16.8 Å². The molecule has 3 heterocycles. The fraction of sp³-hybridized carbons (Fsp3) is 0.348. The van der Waals surface area contributed by atoms with E-state index < -0.39 is 20.2 Å². The van der Waals surface area contributed by atoms with Gasteiger partial charge in [-0.05, 0) is 61.1 Å². The Balaban J connectivity index is 1.59. The summed E-state index contributed by atoms with van der Waals surface area (Å²) in [6, 6.07) is 13.3. The number of aromatic nitrogens is 3. The van der Waals surface area contributed by atoms with Crippen molar-refractivity contribution in [2.75, 3.05) is 25.7 Å². The Morgan fingerprint density at radius 2 is 1.09 bits per heavy atom. The van der Waals surface area contributed by atoms with E-state index in [-0.39, 0.29) is 13.2 Å². The quantitative estimate of drug-likeness (QED) is 0.270. The monoisotopic (exact) mass is 505 g/mol. The molecule has 0 aliphatic rings. The number of hydrogen-bond donors (Lipinski definition) is 0. The molecule has 3 aromatic heterocycles. The van der Waals surface area contributed by atoms with Crippen LogP contribution in [0.3, 0.4) is 0 Å². The largest absolute Gasteiger partial charge is 0.270 e. The second-order valence-corrected chi connectivity index (χ2v) is 11.1. The molecule has 0 atom stereocenters. The van der Waals surface area contributed by atoms with Gasteiger partial charge in [-0.3, -0.25) is 18.3 Å². The molecule has 0 radical (unpaired) electrons. The average molecular weight is 506 g/mol. The molecule has 9 nitrogen and oxygen atoms in total. The maximum Gasteiger partial charge on any atom is 0.264 e. The Kier molecular flexibility index (Phi) is 8.84. The van der Waals surface area contributed by atoms with Crippen LogP contribution >= 0.6 is 0 Å². The molecule has 3 aromatic rings. The van der Waals surface area contributed by atoms with Crippen molar-refractivity contribution in [3.63, 3.8) is 0 Å². The van der Waals surface area contributed by atoms with E-state index in [9.17, 15) is 16.8 Å². The molecule has 0 aliphatic heterocycles. The van der Waals surface area contributed by atoms with Gasteiger partial charge < -0.3 is 0 Å². The lowest BCUT2D eigenvalue weighted by Crippen LogP contribution is -2.05. The second-order valence-electron chi connectivity index (χ2n) is 7.77. The van der Waals surface area contributed by atoms with Gasteiger partial charge in [-0.25, -0.2) is 4.98 Å². The van der Waals surface area contributed by atoms with Gasteiger partial charge in [0.15, 0.2) is 0 Å². The lowest BCUT2D eigenvalue weighted by Gasteiger charge is -2.07. The van der Waals surface area contributed by atoms with Crippen LogP contribution in [0.5, 0.6) is 0 Å². The molecule has 0 bridgehead atoms. The Bertz CT molecular complexity index is 1190. The van der Waals surface area contributed by atoms with E-state index in [1.165, 1.54) is 0 Å². The van der Waals surface area contributed by atoms with Crippen LogP contribution in [0, 0.1) is 0 Å². The maximum absolute atomic E-state index is 11.0. The van der Waals surface area contributed by atoms with Crippen LogP contribution in [0.1, 0.15) is 24.0 Å². The first-order chi connectivity index (χ1) is 16.1. The van der Waals surface area contributed by atoms with Crippen molar-refractivity contribution < 1.29 is 25.2 Å². The second kappa shape index (κ2) is 11.6. The highest BCUT2D eigenvalue weighted by Gasteiger charge is 2.07. The number of hydrogen-bond acceptors (Lipinski definition) is 9. The summed E-state index contributed by atoms with van der Waals surface area (Å²) >= 11 is 0. The highest BCUT2D eigenvalue weighted by molar-refractivity contribution is 7.86. The van der Waals surface area contributed by atoms with Crippen molar-refractivity contribution in [3.05, 3.63) is 66.0 Å². The number of rotatable bonds is 12. The molecule has 0 amide bonds. The van der Waals surface area contributed by atoms with E-state index in [1.807, 2.05) is 42.5 Å². The summed E-state index contributed by atoms with van der Waals surface area (Å²) in [6.07, 6.45) is 8.06. The van der Waals surface area contributed by atoms with Crippen LogP contribution < -0.4 is 0 Å². The zero-order chi connectivity index (χ0) is 24.6. The van der Waals surface area contributed by atoms with Crippen molar-refractivity contribution in [1.82, 2.24) is 15.0 Å². The van der Waals surface area contributed by atoms with Crippen LogP contribution in [-0.4, -0.2) is 57.5 Å². The normalized spacial score (nSPS) is 12.1. The minimum atomic E-state index is -3.42. The summed E-state index contributed by atoms with van der Waals surface area (Å²) in [4.78, 5) is 13.7. The van der Waals surface area contributed by atoms with E-state index in [2.05, 4.69) is 15.0 Å². The summed E-state index contributed by atoms with van der Waals surface area (Å²) in [6.45, 7) is 0.287. The standard InChI is InChI=1S/C23H27N3O6S2/c1-33(27,28)31-14-4-6-18-10-12-20(24-16-18)22-8-3-9-23(26-22)21-13-11-19(17-25-21)7-5-15-32-34(2,29)30/h3,8-13,16-17H,4-7,14-15H2,1-2H3. The van der Waals surface area contributed by atoms with Crippen molar-refractivity contribution in [3.8, 4) is 22.8 Å². The summed E-state index contributed by atoms with van der Waals surface area (Å²) in [5.41, 5.74) is 4.84. The summed E-state index contributed by atoms with van der Waals surface area (Å²) < 4.78 is 53.5. The molecule has 182 valence electrons. The predicted molar refractivity (Wildman–Crippen MR) is 129 cm³/mol. The number of aryl methyl sites for hydroxylation is 2. The fourth-order valence-electron chi connectivity index (χ4n) is 3.14. The predicted octanol–water partition coefficient (Wildman–Crippen LogP) is 3.02. The van der Waals surface area contributed by atoms with E-state index in [4.69, 9.17) is 8.37 Å². The Hall–Kier alpha value is -2.73. The summed E-state index contributed by atoms with van der Waals surface area (Å²) in [7, 11) is -6.83. The summed E-state index contributed by atoms with van der Waals surface area (Å²) in [5, 5.41) is 0. The van der Waals surface area contributed by atoms with Gasteiger partial charge in [-0.1, -0.05) is 18.2 Å². The molecule has 0 saturated carbocycles. The lowest BCUT2D eigenvalue weighted by atomic mass is 10.1. The molecule has 0 aromatic carbocycles. The molecule has 0 saturated heterocycles. The van der Waals surface area contributed by atoms with E-state index >= 15 is 0 Å². The van der Waals surface area contributed by atoms with E-state index in [0.717, 1.165) is 35.0 Å². The van der Waals surface area contributed by atoms with Crippen LogP contribution in [0.15, 0.2) is 54.9 Å². The van der Waals surface area contributed by atoms with Gasteiger partial charge >= 0.3 is 0 Å². The zero-order valence-electron chi connectivity index (χ0n) is 19.0. The van der Waals surface area contributed by atoms with Crippen molar-refractivity contribution >= 4 is 20.2 Å². The molecule has 34 heavy (non-hydrogen) atoms. The summed E-state index contributed by atoms with van der Waals surface area (Å²) in [5.74, 6) is 0. The Labute approximate surface area is 200 Å². The minimum absolute atomic E-state index is 0.143. The Morgan fingerprint density at radius 1 is 0.647 bits per heavy atom. The molecule has 0 unspecified atom stereocenters.